The van der Waals surface area contributed by atoms with Gasteiger partial charge in [0.15, 0.2) is 6.61 Å². The number of carbonyl (C=O) groups excluding carboxylic acids is 2. The normalized spacial score (nSPS) is 15.1. The Morgan fingerprint density at radius 2 is 2.23 bits per heavy atom. The van der Waals surface area contributed by atoms with E-state index in [2.05, 4.69) is 5.32 Å². The predicted molar refractivity (Wildman–Crippen MR) is 98.2 cm³/mol. The van der Waals surface area contributed by atoms with Crippen LogP contribution >= 0.6 is 0 Å². The number of ether oxygens (including phenoxy) is 1. The second-order valence-corrected chi connectivity index (χ2v) is 6.52. The molecule has 1 aromatic heterocycles. The molecule has 1 atom stereocenters. The maximum absolute atomic E-state index is 12.1. The van der Waals surface area contributed by atoms with Crippen molar-refractivity contribution in [3.63, 3.8) is 0 Å². The van der Waals surface area contributed by atoms with Crippen LogP contribution in [0.1, 0.15) is 31.9 Å². The number of hydrogen-bond donors (Lipinski definition) is 1. The second-order valence-electron chi connectivity index (χ2n) is 6.52. The average Bonchev–Trinajstić information content (AvgIpc) is 3.30. The number of benzene rings is 1. The van der Waals surface area contributed by atoms with Crippen LogP contribution in [0.2, 0.25) is 0 Å². The van der Waals surface area contributed by atoms with Gasteiger partial charge < -0.3 is 19.4 Å². The fourth-order valence-electron chi connectivity index (χ4n) is 3.01. The van der Waals surface area contributed by atoms with E-state index in [0.29, 0.717) is 12.2 Å². The number of rotatable bonds is 8. The summed E-state index contributed by atoms with van der Waals surface area (Å²) in [5.41, 5.74) is 0.817. The van der Waals surface area contributed by atoms with Crippen LogP contribution in [0.15, 0.2) is 47.1 Å². The Kier molecular flexibility index (Phi) is 5.94. The van der Waals surface area contributed by atoms with Gasteiger partial charge in [-0.1, -0.05) is 6.07 Å². The summed E-state index contributed by atoms with van der Waals surface area (Å²) < 4.78 is 10.9. The number of nitrogens with one attached hydrogen (secondary N) is 1. The van der Waals surface area contributed by atoms with Gasteiger partial charge in [-0.3, -0.25) is 9.59 Å². The van der Waals surface area contributed by atoms with E-state index < -0.39 is 0 Å². The predicted octanol–water partition coefficient (Wildman–Crippen LogP) is 2.92. The molecule has 0 aliphatic carbocycles. The molecule has 2 amide bonds. The molecule has 0 bridgehead atoms. The molecule has 2 heterocycles. The topological polar surface area (TPSA) is 71.8 Å². The number of carbonyl (C=O) groups is 2. The van der Waals surface area contributed by atoms with Crippen LogP contribution in [0.25, 0.3) is 0 Å². The van der Waals surface area contributed by atoms with Gasteiger partial charge in [-0.15, -0.1) is 0 Å². The third-order valence-electron chi connectivity index (χ3n) is 4.38. The Morgan fingerprint density at radius 1 is 1.35 bits per heavy atom. The van der Waals surface area contributed by atoms with Crippen molar-refractivity contribution in [1.29, 1.82) is 0 Å². The van der Waals surface area contributed by atoms with Crippen molar-refractivity contribution in [3.05, 3.63) is 48.4 Å². The first kappa shape index (κ1) is 18.0. The van der Waals surface area contributed by atoms with Gasteiger partial charge in [0, 0.05) is 37.2 Å². The van der Waals surface area contributed by atoms with E-state index in [1.165, 1.54) is 0 Å². The average molecular weight is 356 g/mol. The second kappa shape index (κ2) is 8.56. The molecule has 1 aliphatic rings. The summed E-state index contributed by atoms with van der Waals surface area (Å²) in [5, 5.41) is 2.92. The number of hydrogen-bond acceptors (Lipinski definition) is 4. The molecule has 6 heteroatoms. The van der Waals surface area contributed by atoms with Gasteiger partial charge in [-0.2, -0.15) is 0 Å². The number of amides is 2. The van der Waals surface area contributed by atoms with E-state index in [0.717, 1.165) is 37.3 Å². The summed E-state index contributed by atoms with van der Waals surface area (Å²) in [4.78, 5) is 25.6. The van der Waals surface area contributed by atoms with Crippen LogP contribution in [-0.4, -0.2) is 31.0 Å². The molecule has 0 spiro atoms. The third-order valence-corrected chi connectivity index (χ3v) is 4.38. The first-order chi connectivity index (χ1) is 12.6. The van der Waals surface area contributed by atoms with E-state index in [-0.39, 0.29) is 24.5 Å². The van der Waals surface area contributed by atoms with Crippen LogP contribution in [0.3, 0.4) is 0 Å². The molecule has 1 fully saturated rings. The maximum Gasteiger partial charge on any atom is 0.258 e. The molecule has 0 saturated carbocycles. The van der Waals surface area contributed by atoms with Gasteiger partial charge in [0.05, 0.1) is 6.26 Å². The van der Waals surface area contributed by atoms with Crippen molar-refractivity contribution in [2.24, 2.45) is 0 Å². The first-order valence-corrected chi connectivity index (χ1v) is 8.97. The third kappa shape index (κ3) is 4.88. The number of nitrogens with zero attached hydrogens (tertiary/aromatic N) is 1. The highest BCUT2D eigenvalue weighted by atomic mass is 16.5. The van der Waals surface area contributed by atoms with Crippen molar-refractivity contribution in [3.8, 4) is 5.75 Å². The molecule has 3 rings (SSSR count). The van der Waals surface area contributed by atoms with E-state index in [4.69, 9.17) is 9.15 Å². The van der Waals surface area contributed by atoms with Crippen LogP contribution in [0, 0.1) is 0 Å². The number of aryl methyl sites for hydroxylation is 1. The van der Waals surface area contributed by atoms with E-state index >= 15 is 0 Å². The minimum absolute atomic E-state index is 0.0322. The Balaban J connectivity index is 1.44. The molecule has 138 valence electrons. The Morgan fingerprint density at radius 3 is 2.96 bits per heavy atom. The summed E-state index contributed by atoms with van der Waals surface area (Å²) in [6.07, 6.45) is 4.69. The summed E-state index contributed by atoms with van der Waals surface area (Å²) in [6.45, 7) is 2.64. The van der Waals surface area contributed by atoms with E-state index in [1.54, 1.807) is 23.3 Å². The lowest BCUT2D eigenvalue weighted by atomic mass is 10.1. The largest absolute Gasteiger partial charge is 0.484 e. The monoisotopic (exact) mass is 356 g/mol. The number of anilines is 1. The van der Waals surface area contributed by atoms with Crippen molar-refractivity contribution in [2.45, 2.75) is 38.6 Å². The molecule has 1 N–H and O–H groups in total. The Hall–Kier alpha value is -2.76. The molecule has 1 saturated heterocycles. The van der Waals surface area contributed by atoms with Crippen LogP contribution in [-0.2, 0) is 16.0 Å². The first-order valence-electron chi connectivity index (χ1n) is 8.97. The van der Waals surface area contributed by atoms with E-state index in [9.17, 15) is 9.59 Å². The SMILES string of the molecule is C[C@H](CCc1ccco1)NC(=O)COc1cccc(N2CCCC2=O)c1. The zero-order valence-electron chi connectivity index (χ0n) is 14.9. The standard InChI is InChI=1S/C20H24N2O4/c1-15(9-10-17-7-4-12-25-17)21-19(23)14-26-18-6-2-5-16(13-18)22-11-3-8-20(22)24/h2,4-7,12-13,15H,3,8-11,14H2,1H3,(H,21,23)/t15-/m1/s1. The highest BCUT2D eigenvalue weighted by molar-refractivity contribution is 5.95. The van der Waals surface area contributed by atoms with Gasteiger partial charge in [-0.05, 0) is 44.0 Å². The minimum Gasteiger partial charge on any atom is -0.484 e. The van der Waals surface area contributed by atoms with Crippen molar-refractivity contribution >= 4 is 17.5 Å². The number of furan rings is 1. The summed E-state index contributed by atoms with van der Waals surface area (Å²) in [6, 6.07) is 11.1. The molecule has 1 aromatic carbocycles. The molecular formula is C20H24N2O4. The lowest BCUT2D eigenvalue weighted by molar-refractivity contribution is -0.123. The van der Waals surface area contributed by atoms with Gasteiger partial charge >= 0.3 is 0 Å². The van der Waals surface area contributed by atoms with Crippen molar-refractivity contribution in [2.75, 3.05) is 18.1 Å². The highest BCUT2D eigenvalue weighted by Crippen LogP contribution is 2.25. The summed E-state index contributed by atoms with van der Waals surface area (Å²) >= 11 is 0. The zero-order chi connectivity index (χ0) is 18.4. The molecule has 1 aliphatic heterocycles. The Bertz CT molecular complexity index is 742. The zero-order valence-corrected chi connectivity index (χ0v) is 14.9. The fraction of sp³-hybridized carbons (Fsp3) is 0.400. The molecule has 26 heavy (non-hydrogen) atoms. The van der Waals surface area contributed by atoms with Crippen LogP contribution in [0.4, 0.5) is 5.69 Å². The van der Waals surface area contributed by atoms with Crippen LogP contribution < -0.4 is 15.0 Å². The molecule has 0 unspecified atom stereocenters. The fourth-order valence-corrected chi connectivity index (χ4v) is 3.01. The Labute approximate surface area is 153 Å². The van der Waals surface area contributed by atoms with Crippen molar-refractivity contribution in [1.82, 2.24) is 5.32 Å². The lowest BCUT2D eigenvalue weighted by Gasteiger charge is -2.17. The quantitative estimate of drug-likeness (QED) is 0.789. The molecule has 2 aromatic rings. The highest BCUT2D eigenvalue weighted by Gasteiger charge is 2.21. The molecule has 6 nitrogen and oxygen atoms in total. The van der Waals surface area contributed by atoms with Crippen LogP contribution in [0.5, 0.6) is 5.75 Å². The lowest BCUT2D eigenvalue weighted by Crippen LogP contribution is -2.36. The van der Waals surface area contributed by atoms with Crippen molar-refractivity contribution < 1.29 is 18.7 Å². The minimum atomic E-state index is -0.167. The molecule has 0 radical (unpaired) electrons. The maximum atomic E-state index is 12.1. The van der Waals surface area contributed by atoms with E-state index in [1.807, 2.05) is 31.2 Å². The molecular weight excluding hydrogens is 332 g/mol. The summed E-state index contributed by atoms with van der Waals surface area (Å²) in [5.74, 6) is 1.46. The summed E-state index contributed by atoms with van der Waals surface area (Å²) in [7, 11) is 0. The van der Waals surface area contributed by atoms with Gasteiger partial charge in [0.1, 0.15) is 11.5 Å². The van der Waals surface area contributed by atoms with Gasteiger partial charge in [0.2, 0.25) is 5.91 Å². The smallest absolute Gasteiger partial charge is 0.258 e. The van der Waals surface area contributed by atoms with Gasteiger partial charge in [-0.25, -0.2) is 0 Å². The van der Waals surface area contributed by atoms with Gasteiger partial charge in [0.25, 0.3) is 5.91 Å².